The Kier molecular flexibility index (Phi) is 4.60. The van der Waals surface area contributed by atoms with Crippen molar-refractivity contribution in [2.45, 2.75) is 20.0 Å². The number of benzene rings is 2. The number of carbonyl (C=O) groups excluding carboxylic acids is 1. The number of aldehydes is 1. The van der Waals surface area contributed by atoms with Gasteiger partial charge in [-0.05, 0) is 49.3 Å². The lowest BCUT2D eigenvalue weighted by atomic mass is 10.2. The zero-order chi connectivity index (χ0) is 19.8. The fraction of sp³-hybridized carbons (Fsp3) is 0.150. The van der Waals surface area contributed by atoms with Gasteiger partial charge in [-0.15, -0.1) is 0 Å². The van der Waals surface area contributed by atoms with Crippen LogP contribution in [0.15, 0.2) is 47.1 Å². The first-order chi connectivity index (χ1) is 13.5. The molecular weight excluding hydrogens is 385 g/mol. The number of rotatable bonds is 5. The van der Waals surface area contributed by atoms with E-state index in [4.69, 9.17) is 20.9 Å². The smallest absolute Gasteiger partial charge is 0.275 e. The summed E-state index contributed by atoms with van der Waals surface area (Å²) in [6, 6.07) is 9.53. The normalized spacial score (nSPS) is 11.3. The van der Waals surface area contributed by atoms with Gasteiger partial charge in [-0.2, -0.15) is 4.98 Å². The second-order valence-electron chi connectivity index (χ2n) is 6.45. The van der Waals surface area contributed by atoms with Crippen molar-refractivity contribution < 1.29 is 18.4 Å². The van der Waals surface area contributed by atoms with Gasteiger partial charge in [0.05, 0.1) is 22.2 Å². The Bertz CT molecular complexity index is 1180. The average molecular weight is 400 g/mol. The molecule has 0 unspecified atom stereocenters. The second-order valence-corrected chi connectivity index (χ2v) is 6.86. The number of halogens is 2. The zero-order valence-electron chi connectivity index (χ0n) is 15.0. The van der Waals surface area contributed by atoms with Gasteiger partial charge in [0.15, 0.2) is 0 Å². The van der Waals surface area contributed by atoms with Crippen molar-refractivity contribution in [3.8, 4) is 23.2 Å². The summed E-state index contributed by atoms with van der Waals surface area (Å²) >= 11 is 6.27. The molecule has 0 amide bonds. The lowest BCUT2D eigenvalue weighted by Gasteiger charge is -2.09. The van der Waals surface area contributed by atoms with E-state index in [1.54, 1.807) is 35.0 Å². The van der Waals surface area contributed by atoms with Crippen molar-refractivity contribution in [3.05, 3.63) is 59.0 Å². The summed E-state index contributed by atoms with van der Waals surface area (Å²) in [4.78, 5) is 15.3. The molecule has 0 saturated heterocycles. The Hall–Kier alpha value is -3.19. The molecule has 0 N–H and O–H groups in total. The molecule has 2 heterocycles. The number of aromatic nitrogens is 3. The van der Waals surface area contributed by atoms with Crippen LogP contribution in [0.4, 0.5) is 4.39 Å². The Morgan fingerprint density at radius 2 is 2.07 bits per heavy atom. The Morgan fingerprint density at radius 1 is 1.25 bits per heavy atom. The monoisotopic (exact) mass is 399 g/mol. The van der Waals surface area contributed by atoms with Gasteiger partial charge >= 0.3 is 0 Å². The Morgan fingerprint density at radius 3 is 2.79 bits per heavy atom. The van der Waals surface area contributed by atoms with Crippen molar-refractivity contribution >= 4 is 28.8 Å². The zero-order valence-corrected chi connectivity index (χ0v) is 15.8. The van der Waals surface area contributed by atoms with E-state index in [2.05, 4.69) is 10.1 Å². The van der Waals surface area contributed by atoms with Crippen LogP contribution in [0.25, 0.3) is 28.3 Å². The fourth-order valence-electron chi connectivity index (χ4n) is 2.88. The second kappa shape index (κ2) is 7.09. The van der Waals surface area contributed by atoms with Crippen molar-refractivity contribution in [2.75, 3.05) is 0 Å². The summed E-state index contributed by atoms with van der Waals surface area (Å²) in [5, 5.41) is 5.05. The molecule has 2 aromatic carbocycles. The van der Waals surface area contributed by atoms with E-state index in [9.17, 15) is 9.18 Å². The summed E-state index contributed by atoms with van der Waals surface area (Å²) in [6.07, 6.45) is 2.30. The number of hydrogen-bond donors (Lipinski definition) is 0. The first kappa shape index (κ1) is 18.2. The molecule has 0 atom stereocenters. The predicted molar refractivity (Wildman–Crippen MR) is 103 cm³/mol. The molecule has 0 aliphatic carbocycles. The summed E-state index contributed by atoms with van der Waals surface area (Å²) < 4.78 is 26.8. The van der Waals surface area contributed by atoms with Crippen LogP contribution < -0.4 is 4.74 Å². The average Bonchev–Trinajstić information content (AvgIpc) is 3.26. The third kappa shape index (κ3) is 3.25. The van der Waals surface area contributed by atoms with E-state index in [0.717, 1.165) is 6.29 Å². The molecule has 0 radical (unpaired) electrons. The number of ether oxygens (including phenoxy) is 1. The highest BCUT2D eigenvalue weighted by atomic mass is 35.5. The van der Waals surface area contributed by atoms with Crippen LogP contribution in [0, 0.1) is 5.82 Å². The highest BCUT2D eigenvalue weighted by Gasteiger charge is 2.18. The number of nitrogens with zero attached hydrogens (tertiary/aromatic N) is 3. The molecule has 0 spiro atoms. The molecule has 0 aliphatic heterocycles. The molecule has 2 aromatic heterocycles. The van der Waals surface area contributed by atoms with Gasteiger partial charge in [0.1, 0.15) is 17.9 Å². The third-order valence-corrected chi connectivity index (χ3v) is 4.39. The number of carbonyl (C=O) groups is 1. The van der Waals surface area contributed by atoms with E-state index >= 15 is 0 Å². The topological polar surface area (TPSA) is 70.2 Å². The van der Waals surface area contributed by atoms with Gasteiger partial charge in [0, 0.05) is 23.2 Å². The fourth-order valence-corrected chi connectivity index (χ4v) is 3.13. The van der Waals surface area contributed by atoms with Crippen molar-refractivity contribution in [1.29, 1.82) is 0 Å². The molecule has 0 saturated carbocycles. The van der Waals surface area contributed by atoms with Crippen LogP contribution in [0.2, 0.25) is 5.02 Å². The van der Waals surface area contributed by atoms with Crippen molar-refractivity contribution in [1.82, 2.24) is 14.7 Å². The molecule has 6 nitrogen and oxygen atoms in total. The van der Waals surface area contributed by atoms with Gasteiger partial charge < -0.3 is 9.26 Å². The maximum absolute atomic E-state index is 14.5. The molecule has 4 rings (SSSR count). The van der Waals surface area contributed by atoms with E-state index in [1.165, 1.54) is 12.1 Å². The SMILES string of the molecule is CC(C)Oc1ccc(-c2nc(-n3cc(Cl)c4cc(C=O)ccc43)no2)c(F)c1. The van der Waals surface area contributed by atoms with Gasteiger partial charge in [-0.3, -0.25) is 9.36 Å². The molecule has 0 fully saturated rings. The van der Waals surface area contributed by atoms with E-state index < -0.39 is 5.82 Å². The summed E-state index contributed by atoms with van der Waals surface area (Å²) in [6.45, 7) is 3.72. The predicted octanol–water partition coefficient (Wildman–Crippen LogP) is 5.07. The quantitative estimate of drug-likeness (QED) is 0.438. The van der Waals surface area contributed by atoms with E-state index in [1.807, 2.05) is 13.8 Å². The van der Waals surface area contributed by atoms with Gasteiger partial charge in [0.25, 0.3) is 11.8 Å². The Balaban J connectivity index is 1.72. The van der Waals surface area contributed by atoms with Crippen molar-refractivity contribution in [2.24, 2.45) is 0 Å². The highest BCUT2D eigenvalue weighted by molar-refractivity contribution is 6.35. The highest BCUT2D eigenvalue weighted by Crippen LogP contribution is 2.30. The lowest BCUT2D eigenvalue weighted by molar-refractivity contribution is 0.112. The summed E-state index contributed by atoms with van der Waals surface area (Å²) in [5.74, 6) is 0.128. The molecule has 0 bridgehead atoms. The van der Waals surface area contributed by atoms with Crippen LogP contribution in [0.1, 0.15) is 24.2 Å². The van der Waals surface area contributed by atoms with Crippen molar-refractivity contribution in [3.63, 3.8) is 0 Å². The molecule has 142 valence electrons. The molecule has 28 heavy (non-hydrogen) atoms. The largest absolute Gasteiger partial charge is 0.491 e. The van der Waals surface area contributed by atoms with E-state index in [-0.39, 0.29) is 23.5 Å². The Labute approximate surface area is 164 Å². The molecule has 0 aliphatic rings. The van der Waals surface area contributed by atoms with Crippen LogP contribution in [-0.2, 0) is 0 Å². The number of hydrogen-bond acceptors (Lipinski definition) is 5. The lowest BCUT2D eigenvalue weighted by Crippen LogP contribution is -2.05. The standard InChI is InChI=1S/C20H15ClFN3O3/c1-11(2)27-13-4-5-14(17(22)8-13)19-23-20(24-28-19)25-9-16(21)15-7-12(10-26)3-6-18(15)25/h3-11H,1-2H3. The number of fused-ring (bicyclic) bond motifs is 1. The minimum Gasteiger partial charge on any atom is -0.491 e. The summed E-state index contributed by atoms with van der Waals surface area (Å²) in [7, 11) is 0. The minimum absolute atomic E-state index is 0.0334. The molecule has 8 heteroatoms. The van der Waals surface area contributed by atoms with Crippen LogP contribution in [-0.4, -0.2) is 27.1 Å². The van der Waals surface area contributed by atoms with Gasteiger partial charge in [-0.1, -0.05) is 11.6 Å². The maximum Gasteiger partial charge on any atom is 0.275 e. The summed E-state index contributed by atoms with van der Waals surface area (Å²) in [5.41, 5.74) is 1.37. The maximum atomic E-state index is 14.5. The molecule has 4 aromatic rings. The van der Waals surface area contributed by atoms with Crippen LogP contribution in [0.3, 0.4) is 0 Å². The van der Waals surface area contributed by atoms with Gasteiger partial charge in [-0.25, -0.2) is 4.39 Å². The van der Waals surface area contributed by atoms with Gasteiger partial charge in [0.2, 0.25) is 0 Å². The minimum atomic E-state index is -0.528. The third-order valence-electron chi connectivity index (χ3n) is 4.09. The van der Waals surface area contributed by atoms with Crippen LogP contribution >= 0.6 is 11.6 Å². The molecular formula is C20H15ClFN3O3. The first-order valence-corrected chi connectivity index (χ1v) is 8.90. The van der Waals surface area contributed by atoms with E-state index in [0.29, 0.717) is 27.2 Å². The van der Waals surface area contributed by atoms with Crippen LogP contribution in [0.5, 0.6) is 5.75 Å². The first-order valence-electron chi connectivity index (χ1n) is 8.52.